The number of carbonyl (C=O) groups is 2. The van der Waals surface area contributed by atoms with Crippen LogP contribution in [-0.2, 0) is 4.79 Å². The fourth-order valence-corrected chi connectivity index (χ4v) is 2.35. The number of Topliss-reactive ketones (excluding diaryl/α,β-unsaturated/α-hetero) is 1. The number of ketones is 1. The van der Waals surface area contributed by atoms with Crippen molar-refractivity contribution >= 4 is 17.4 Å². The van der Waals surface area contributed by atoms with Crippen molar-refractivity contribution in [2.24, 2.45) is 0 Å². The van der Waals surface area contributed by atoms with E-state index in [1.165, 1.54) is 6.20 Å². The van der Waals surface area contributed by atoms with E-state index in [0.717, 1.165) is 23.2 Å². The first-order chi connectivity index (χ1) is 12.0. The predicted octanol–water partition coefficient (Wildman–Crippen LogP) is 4.01. The quantitative estimate of drug-likeness (QED) is 0.348. The molecule has 0 aromatic heterocycles. The van der Waals surface area contributed by atoms with Crippen molar-refractivity contribution in [3.05, 3.63) is 77.0 Å². The summed E-state index contributed by atoms with van der Waals surface area (Å²) in [4.78, 5) is 25.3. The highest BCUT2D eigenvalue weighted by molar-refractivity contribution is 6.26. The molecule has 0 radical (unpaired) electrons. The van der Waals surface area contributed by atoms with Gasteiger partial charge in [0.25, 0.3) is 5.91 Å². The van der Waals surface area contributed by atoms with Crippen LogP contribution in [-0.4, -0.2) is 18.2 Å². The molecule has 4 nitrogen and oxygen atoms in total. The van der Waals surface area contributed by atoms with Crippen LogP contribution in [0, 0.1) is 13.8 Å². The minimum absolute atomic E-state index is 0.100. The van der Waals surface area contributed by atoms with Crippen LogP contribution in [0.1, 0.15) is 34.8 Å². The minimum atomic E-state index is -0.366. The van der Waals surface area contributed by atoms with Gasteiger partial charge in [-0.25, -0.2) is 0 Å². The summed E-state index contributed by atoms with van der Waals surface area (Å²) in [6, 6.07) is 15.0. The second kappa shape index (κ2) is 8.83. The smallest absolute Gasteiger partial charge is 0.256 e. The van der Waals surface area contributed by atoms with Gasteiger partial charge in [0.15, 0.2) is 5.78 Å². The normalized spacial score (nSPS) is 11.1. The first-order valence-corrected chi connectivity index (χ1v) is 8.44. The highest BCUT2D eigenvalue weighted by atomic mass is 16.2. The number of rotatable bonds is 7. The number of benzene rings is 2. The summed E-state index contributed by atoms with van der Waals surface area (Å²) >= 11 is 0. The fourth-order valence-electron chi connectivity index (χ4n) is 2.35. The van der Waals surface area contributed by atoms with Crippen LogP contribution in [0.25, 0.3) is 0 Å². The van der Waals surface area contributed by atoms with E-state index in [1.54, 1.807) is 12.1 Å². The largest absolute Gasteiger partial charge is 0.361 e. The second-order valence-electron chi connectivity index (χ2n) is 5.97. The Hall–Kier alpha value is -2.88. The number of nitrogens with one attached hydrogen (secondary N) is 2. The van der Waals surface area contributed by atoms with E-state index in [-0.39, 0.29) is 17.3 Å². The SMILES string of the molecule is CCCNC(=O)/C(=C\Nc1ccc(C)cc1)C(=O)c1ccccc1C. The Bertz CT molecular complexity index is 777. The van der Waals surface area contributed by atoms with E-state index in [1.807, 2.05) is 57.2 Å². The predicted molar refractivity (Wildman–Crippen MR) is 102 cm³/mol. The van der Waals surface area contributed by atoms with Gasteiger partial charge in [0, 0.05) is 24.0 Å². The van der Waals surface area contributed by atoms with Crippen molar-refractivity contribution < 1.29 is 9.59 Å². The van der Waals surface area contributed by atoms with Gasteiger partial charge in [0.05, 0.1) is 0 Å². The zero-order chi connectivity index (χ0) is 18.2. The lowest BCUT2D eigenvalue weighted by Crippen LogP contribution is -2.30. The third-order valence-electron chi connectivity index (χ3n) is 3.85. The average molecular weight is 336 g/mol. The molecule has 2 aromatic carbocycles. The topological polar surface area (TPSA) is 58.2 Å². The molecule has 1 amide bonds. The molecule has 2 aromatic rings. The van der Waals surface area contributed by atoms with E-state index >= 15 is 0 Å². The highest BCUT2D eigenvalue weighted by Crippen LogP contribution is 2.15. The Balaban J connectivity index is 2.30. The first-order valence-electron chi connectivity index (χ1n) is 8.44. The van der Waals surface area contributed by atoms with Crippen molar-refractivity contribution in [3.63, 3.8) is 0 Å². The molecule has 0 aliphatic heterocycles. The van der Waals surface area contributed by atoms with E-state index in [9.17, 15) is 9.59 Å². The lowest BCUT2D eigenvalue weighted by molar-refractivity contribution is -0.117. The molecule has 0 aliphatic carbocycles. The van der Waals surface area contributed by atoms with Gasteiger partial charge in [-0.2, -0.15) is 0 Å². The second-order valence-corrected chi connectivity index (χ2v) is 5.97. The number of anilines is 1. The number of carbonyl (C=O) groups excluding carboxylic acids is 2. The van der Waals surface area contributed by atoms with E-state index in [2.05, 4.69) is 10.6 Å². The Kier molecular flexibility index (Phi) is 6.52. The maximum absolute atomic E-state index is 12.9. The first kappa shape index (κ1) is 18.5. The van der Waals surface area contributed by atoms with E-state index in [4.69, 9.17) is 0 Å². The van der Waals surface area contributed by atoms with E-state index in [0.29, 0.717) is 12.1 Å². The van der Waals surface area contributed by atoms with Gasteiger partial charge >= 0.3 is 0 Å². The molecule has 0 bridgehead atoms. The summed E-state index contributed by atoms with van der Waals surface area (Å²) in [5.41, 5.74) is 3.45. The third-order valence-corrected chi connectivity index (χ3v) is 3.85. The minimum Gasteiger partial charge on any atom is -0.361 e. The van der Waals surface area contributed by atoms with Gasteiger partial charge in [0.1, 0.15) is 5.57 Å². The molecule has 0 saturated carbocycles. The zero-order valence-electron chi connectivity index (χ0n) is 14.9. The number of hydrogen-bond donors (Lipinski definition) is 2. The van der Waals surface area contributed by atoms with Crippen LogP contribution in [0.3, 0.4) is 0 Å². The Morgan fingerprint density at radius 3 is 2.32 bits per heavy atom. The molecule has 130 valence electrons. The van der Waals surface area contributed by atoms with Crippen molar-refractivity contribution in [3.8, 4) is 0 Å². The summed E-state index contributed by atoms with van der Waals surface area (Å²) in [5.74, 6) is -0.652. The summed E-state index contributed by atoms with van der Waals surface area (Å²) in [7, 11) is 0. The molecule has 0 unspecified atom stereocenters. The molecule has 0 heterocycles. The fraction of sp³-hybridized carbons (Fsp3) is 0.238. The van der Waals surface area contributed by atoms with Crippen LogP contribution >= 0.6 is 0 Å². The summed E-state index contributed by atoms with van der Waals surface area (Å²) < 4.78 is 0. The third kappa shape index (κ3) is 5.05. The summed E-state index contributed by atoms with van der Waals surface area (Å²) in [6.07, 6.45) is 2.30. The summed E-state index contributed by atoms with van der Waals surface area (Å²) in [6.45, 7) is 6.37. The molecular weight excluding hydrogens is 312 g/mol. The highest BCUT2D eigenvalue weighted by Gasteiger charge is 2.20. The molecule has 2 rings (SSSR count). The molecule has 4 heteroatoms. The Morgan fingerprint density at radius 1 is 1.00 bits per heavy atom. The lowest BCUT2D eigenvalue weighted by atomic mass is 9.99. The summed E-state index contributed by atoms with van der Waals surface area (Å²) in [5, 5.41) is 5.84. The molecule has 0 aliphatic rings. The van der Waals surface area contributed by atoms with Crippen molar-refractivity contribution in [2.45, 2.75) is 27.2 Å². The Labute approximate surface area is 149 Å². The lowest BCUT2D eigenvalue weighted by Gasteiger charge is -2.10. The van der Waals surface area contributed by atoms with Gasteiger partial charge < -0.3 is 10.6 Å². The zero-order valence-corrected chi connectivity index (χ0v) is 14.9. The number of hydrogen-bond acceptors (Lipinski definition) is 3. The van der Waals surface area contributed by atoms with Crippen molar-refractivity contribution in [2.75, 3.05) is 11.9 Å². The van der Waals surface area contributed by atoms with Crippen molar-refractivity contribution in [1.29, 1.82) is 0 Å². The molecule has 25 heavy (non-hydrogen) atoms. The van der Waals surface area contributed by atoms with Gasteiger partial charge in [-0.1, -0.05) is 48.9 Å². The molecule has 2 N–H and O–H groups in total. The van der Waals surface area contributed by atoms with Gasteiger partial charge in [0.2, 0.25) is 0 Å². The monoisotopic (exact) mass is 336 g/mol. The van der Waals surface area contributed by atoms with E-state index < -0.39 is 0 Å². The average Bonchev–Trinajstić information content (AvgIpc) is 2.61. The number of aryl methyl sites for hydroxylation is 2. The molecule has 0 saturated heterocycles. The van der Waals surface area contributed by atoms with Crippen LogP contribution in [0.2, 0.25) is 0 Å². The van der Waals surface area contributed by atoms with Gasteiger partial charge in [-0.05, 0) is 38.0 Å². The Morgan fingerprint density at radius 2 is 1.68 bits per heavy atom. The van der Waals surface area contributed by atoms with Crippen LogP contribution < -0.4 is 10.6 Å². The van der Waals surface area contributed by atoms with Crippen LogP contribution in [0.4, 0.5) is 5.69 Å². The van der Waals surface area contributed by atoms with Crippen LogP contribution in [0.5, 0.6) is 0 Å². The number of amides is 1. The standard InChI is InChI=1S/C21H24N2O2/c1-4-13-22-21(25)19(14-23-17-11-9-15(2)10-12-17)20(24)18-8-6-5-7-16(18)3/h5-12,14,23H,4,13H2,1-3H3,(H,22,25)/b19-14-. The van der Waals surface area contributed by atoms with Crippen molar-refractivity contribution in [1.82, 2.24) is 5.32 Å². The molecule has 0 spiro atoms. The van der Waals surface area contributed by atoms with Gasteiger partial charge in [-0.15, -0.1) is 0 Å². The van der Waals surface area contributed by atoms with Gasteiger partial charge in [-0.3, -0.25) is 9.59 Å². The maximum atomic E-state index is 12.9. The van der Waals surface area contributed by atoms with Crippen LogP contribution in [0.15, 0.2) is 60.3 Å². The maximum Gasteiger partial charge on any atom is 0.256 e. The molecular formula is C21H24N2O2. The molecule has 0 fully saturated rings. The molecule has 0 atom stereocenters.